The fourth-order valence-electron chi connectivity index (χ4n) is 8.68. The highest BCUT2D eigenvalue weighted by atomic mass is 16.8. The first kappa shape index (κ1) is 52.8. The molecule has 0 radical (unpaired) electrons. The minimum absolute atomic E-state index is 0.0238. The van der Waals surface area contributed by atoms with Crippen molar-refractivity contribution in [1.29, 1.82) is 0 Å². The second-order valence-electron chi connectivity index (χ2n) is 17.6. The highest BCUT2D eigenvalue weighted by Gasteiger charge is 2.54. The number of carbonyl (C=O) groups is 2. The average molecular weight is 991 g/mol. The number of aliphatic hydroxyl groups is 9. The lowest BCUT2D eigenvalue weighted by Crippen LogP contribution is -2.65. The van der Waals surface area contributed by atoms with Gasteiger partial charge < -0.3 is 104 Å². The predicted molar refractivity (Wildman–Crippen MR) is 234 cm³/mol. The maximum Gasteiger partial charge on any atom is 0.331 e. The number of aromatic hydroxyl groups is 4. The molecule has 4 fully saturated rings. The Bertz CT molecular complexity index is 2290. The Kier molecular flexibility index (Phi) is 16.7. The summed E-state index contributed by atoms with van der Waals surface area (Å²) in [6, 6.07) is 12.6. The molecule has 3 aromatic carbocycles. The molecule has 70 heavy (non-hydrogen) atoms. The molecule has 384 valence electrons. The molecule has 23 heteroatoms. The van der Waals surface area contributed by atoms with Crippen LogP contribution in [0.4, 0.5) is 0 Å². The van der Waals surface area contributed by atoms with E-state index in [4.69, 9.17) is 37.9 Å². The molecule has 4 aliphatic rings. The maximum atomic E-state index is 14.0. The van der Waals surface area contributed by atoms with E-state index in [2.05, 4.69) is 0 Å². The molecule has 0 bridgehead atoms. The fraction of sp³-hybridized carbons (Fsp3) is 0.532. The van der Waals surface area contributed by atoms with Gasteiger partial charge in [-0.2, -0.15) is 0 Å². The van der Waals surface area contributed by atoms with Crippen molar-refractivity contribution in [3.05, 3.63) is 82.9 Å². The molecule has 7 rings (SSSR count). The van der Waals surface area contributed by atoms with Crippen molar-refractivity contribution in [2.24, 2.45) is 0 Å². The van der Waals surface area contributed by atoms with Gasteiger partial charge in [-0.05, 0) is 68.7 Å². The van der Waals surface area contributed by atoms with Gasteiger partial charge in [0.15, 0.2) is 24.5 Å². The summed E-state index contributed by atoms with van der Waals surface area (Å²) < 4.78 is 46.4. The third kappa shape index (κ3) is 11.2. The molecule has 0 spiro atoms. The lowest BCUT2D eigenvalue weighted by Gasteiger charge is -2.48. The van der Waals surface area contributed by atoms with Gasteiger partial charge in [-0.25, -0.2) is 4.79 Å². The number of phenolic OH excluding ortho intramolecular Hbond substituents is 4. The van der Waals surface area contributed by atoms with Crippen LogP contribution in [0, 0.1) is 0 Å². The molecule has 0 amide bonds. The van der Waals surface area contributed by atoms with E-state index < -0.39 is 163 Å². The van der Waals surface area contributed by atoms with E-state index in [9.17, 15) is 76.0 Å². The van der Waals surface area contributed by atoms with Gasteiger partial charge in [0.2, 0.25) is 6.29 Å². The Morgan fingerprint density at radius 2 is 1.20 bits per heavy atom. The van der Waals surface area contributed by atoms with Crippen LogP contribution in [0.3, 0.4) is 0 Å². The van der Waals surface area contributed by atoms with Crippen LogP contribution in [0.25, 0.3) is 6.08 Å². The van der Waals surface area contributed by atoms with Crippen LogP contribution in [0.2, 0.25) is 0 Å². The lowest BCUT2D eigenvalue weighted by molar-refractivity contribution is -0.366. The molecule has 23 nitrogen and oxygen atoms in total. The first-order valence-electron chi connectivity index (χ1n) is 22.4. The van der Waals surface area contributed by atoms with Crippen LogP contribution in [0.5, 0.6) is 28.7 Å². The van der Waals surface area contributed by atoms with Crippen molar-refractivity contribution in [3.63, 3.8) is 0 Å². The number of esters is 1. The van der Waals surface area contributed by atoms with E-state index in [0.29, 0.717) is 11.1 Å². The summed E-state index contributed by atoms with van der Waals surface area (Å²) in [5.74, 6) is -4.22. The normalized spacial score (nSPS) is 36.8. The van der Waals surface area contributed by atoms with Gasteiger partial charge in [-0.15, -0.1) is 0 Å². The summed E-state index contributed by atoms with van der Waals surface area (Å²) in [6.07, 6.45) is -28.9. The molecule has 4 saturated heterocycles. The number of hydrogen-bond acceptors (Lipinski definition) is 23. The van der Waals surface area contributed by atoms with Gasteiger partial charge in [0.25, 0.3) is 0 Å². The van der Waals surface area contributed by atoms with E-state index in [-0.39, 0.29) is 24.3 Å². The number of phenols is 4. The summed E-state index contributed by atoms with van der Waals surface area (Å²) in [4.78, 5) is 27.3. The van der Waals surface area contributed by atoms with Crippen LogP contribution in [0.1, 0.15) is 60.3 Å². The summed E-state index contributed by atoms with van der Waals surface area (Å²) in [7, 11) is 0. The van der Waals surface area contributed by atoms with Crippen LogP contribution < -0.4 is 4.74 Å². The van der Waals surface area contributed by atoms with Crippen molar-refractivity contribution >= 4 is 17.8 Å². The first-order valence-corrected chi connectivity index (χ1v) is 22.4. The topological polar surface area (TPSA) is 371 Å². The smallest absolute Gasteiger partial charge is 0.331 e. The van der Waals surface area contributed by atoms with Crippen molar-refractivity contribution < 1.29 is 114 Å². The van der Waals surface area contributed by atoms with Gasteiger partial charge in [-0.3, -0.25) is 4.79 Å². The zero-order valence-electron chi connectivity index (χ0n) is 37.8. The monoisotopic (exact) mass is 990 g/mol. The molecule has 0 aliphatic carbocycles. The molecule has 19 unspecified atom stereocenters. The minimum Gasteiger partial charge on any atom is -0.508 e. The van der Waals surface area contributed by atoms with Crippen LogP contribution in [0.15, 0.2) is 60.7 Å². The SMILES string of the molecule is CC1OC(OC2C(C)OC(OC3C(C)OC(c4c(O)cc(OC5OC(CO)C(O)C5O)c(C(=O)CCc5ccc(O)cc5)c4O)C(O)C3O)C(O)C2OC(=O)/C=C\c2ccc(O)cc2)C(O)C(O)C1O. The lowest BCUT2D eigenvalue weighted by atomic mass is 9.88. The number of carbonyl (C=O) groups excluding carboxylic acids is 2. The van der Waals surface area contributed by atoms with Crippen molar-refractivity contribution in [1.82, 2.24) is 0 Å². The number of rotatable bonds is 15. The van der Waals surface area contributed by atoms with Crippen LogP contribution >= 0.6 is 0 Å². The van der Waals surface area contributed by atoms with Crippen LogP contribution in [-0.4, -0.2) is 195 Å². The van der Waals surface area contributed by atoms with E-state index >= 15 is 0 Å². The molecule has 0 aromatic heterocycles. The highest BCUT2D eigenvalue weighted by molar-refractivity contribution is 6.02. The second kappa shape index (κ2) is 22.1. The maximum absolute atomic E-state index is 14.0. The van der Waals surface area contributed by atoms with Crippen molar-refractivity contribution in [3.8, 4) is 28.7 Å². The second-order valence-corrected chi connectivity index (χ2v) is 17.6. The summed E-state index contributed by atoms with van der Waals surface area (Å²) >= 11 is 0. The van der Waals surface area contributed by atoms with Crippen molar-refractivity contribution in [2.75, 3.05) is 6.61 Å². The van der Waals surface area contributed by atoms with E-state index in [1.165, 1.54) is 63.2 Å². The molecule has 0 saturated carbocycles. The highest BCUT2D eigenvalue weighted by Crippen LogP contribution is 2.48. The molecular formula is C47H58O23. The Labute approximate surface area is 399 Å². The van der Waals surface area contributed by atoms with E-state index in [1.807, 2.05) is 0 Å². The number of hydrogen-bond donors (Lipinski definition) is 13. The molecule has 13 N–H and O–H groups in total. The van der Waals surface area contributed by atoms with Gasteiger partial charge in [0, 0.05) is 18.6 Å². The first-order chi connectivity index (χ1) is 33.2. The summed E-state index contributed by atoms with van der Waals surface area (Å²) in [6.45, 7) is 3.47. The molecule has 4 aliphatic heterocycles. The van der Waals surface area contributed by atoms with Gasteiger partial charge in [-0.1, -0.05) is 24.3 Å². The Hall–Kier alpha value is -5.06. The predicted octanol–water partition coefficient (Wildman–Crippen LogP) is -1.35. The summed E-state index contributed by atoms with van der Waals surface area (Å²) in [5, 5.41) is 140. The number of ketones is 1. The van der Waals surface area contributed by atoms with Gasteiger partial charge >= 0.3 is 5.97 Å². The number of ether oxygens (including phenoxy) is 8. The fourth-order valence-corrected chi connectivity index (χ4v) is 8.68. The Morgan fingerprint density at radius 1 is 0.614 bits per heavy atom. The Morgan fingerprint density at radius 3 is 1.84 bits per heavy atom. The number of aliphatic hydroxyl groups excluding tert-OH is 9. The number of Topliss-reactive ketones (excluding diaryl/α,β-unsaturated/α-hetero) is 1. The van der Waals surface area contributed by atoms with Crippen LogP contribution in [-0.2, 0) is 44.4 Å². The molecule has 3 aromatic rings. The molecule has 19 atom stereocenters. The van der Waals surface area contributed by atoms with E-state index in [1.54, 1.807) is 12.1 Å². The largest absolute Gasteiger partial charge is 0.508 e. The number of benzene rings is 3. The third-order valence-electron chi connectivity index (χ3n) is 12.7. The third-order valence-corrected chi connectivity index (χ3v) is 12.7. The standard InChI is InChI=1S/C47H58O23/c1-18-32(54)35(57)39(61)45(64-18)70-42-20(3)65-47(40(62)44(42)68-29(53)15-9-22-6-12-24(50)13-7-22)69-41-19(2)63-43(37(59)36(41)58)31-26(52)16-27(66-46-38(60)33(55)28(17-48)67-46)30(34(31)56)25(51)14-8-21-4-10-23(49)11-5-21/h4-7,9-13,15-16,18-20,28,32-33,35-50,52,54-62H,8,14,17H2,1-3H3/b15-9-. The number of aryl methyl sites for hydroxylation is 1. The minimum atomic E-state index is -2.08. The Balaban J connectivity index is 1.13. The molecule has 4 heterocycles. The van der Waals surface area contributed by atoms with Gasteiger partial charge in [0.05, 0.1) is 30.5 Å². The van der Waals surface area contributed by atoms with E-state index in [0.717, 1.165) is 12.1 Å². The zero-order valence-corrected chi connectivity index (χ0v) is 37.8. The van der Waals surface area contributed by atoms with Crippen molar-refractivity contribution in [2.45, 2.75) is 150 Å². The average Bonchev–Trinajstić information content (AvgIpc) is 3.59. The summed E-state index contributed by atoms with van der Waals surface area (Å²) in [5.41, 5.74) is -0.0897. The van der Waals surface area contributed by atoms with Gasteiger partial charge in [0.1, 0.15) is 108 Å². The quantitative estimate of drug-likeness (QED) is 0.0476. The molecular weight excluding hydrogens is 932 g/mol. The zero-order chi connectivity index (χ0) is 50.9.